The maximum Gasteiger partial charge on any atom is 0.368 e. The van der Waals surface area contributed by atoms with Gasteiger partial charge in [0.2, 0.25) is 0 Å². The van der Waals surface area contributed by atoms with Gasteiger partial charge in [0.15, 0.2) is 5.82 Å². The standard InChI is InChI=1S/C15H15ClF2N4O3/c1-2-25-14(23)5-4-10-8-13(12(18)9-11(10)16)22-15(24)21(19-20-22)7-3-6-17/h4-5,8-9H,2-3,6-7H2,1H3/b5-4+. The van der Waals surface area contributed by atoms with Gasteiger partial charge in [0.05, 0.1) is 24.8 Å². The van der Waals surface area contributed by atoms with E-state index < -0.39 is 24.2 Å². The van der Waals surface area contributed by atoms with Gasteiger partial charge in [-0.05, 0) is 47.5 Å². The number of carbonyl (C=O) groups excluding carboxylic acids is 1. The van der Waals surface area contributed by atoms with Gasteiger partial charge in [-0.15, -0.1) is 0 Å². The number of esters is 1. The lowest BCUT2D eigenvalue weighted by Gasteiger charge is -2.05. The minimum atomic E-state index is -0.794. The number of rotatable bonds is 7. The molecule has 0 amide bonds. The first-order chi connectivity index (χ1) is 12.0. The Hall–Kier alpha value is -2.55. The Morgan fingerprint density at radius 3 is 2.84 bits per heavy atom. The highest BCUT2D eigenvalue weighted by molar-refractivity contribution is 6.32. The van der Waals surface area contributed by atoms with Crippen molar-refractivity contribution in [3.63, 3.8) is 0 Å². The minimum absolute atomic E-state index is 0.0279. The van der Waals surface area contributed by atoms with Gasteiger partial charge in [-0.25, -0.2) is 14.0 Å². The second-order valence-electron chi connectivity index (χ2n) is 4.85. The maximum absolute atomic E-state index is 14.2. The number of tetrazole rings is 1. The van der Waals surface area contributed by atoms with Crippen LogP contribution in [-0.4, -0.2) is 39.0 Å². The van der Waals surface area contributed by atoms with Gasteiger partial charge in [-0.2, -0.15) is 9.36 Å². The van der Waals surface area contributed by atoms with Crippen LogP contribution in [0.3, 0.4) is 0 Å². The van der Waals surface area contributed by atoms with E-state index in [1.807, 2.05) is 0 Å². The molecule has 1 aromatic carbocycles. The molecule has 0 bridgehead atoms. The van der Waals surface area contributed by atoms with Gasteiger partial charge >= 0.3 is 11.7 Å². The highest BCUT2D eigenvalue weighted by Gasteiger charge is 2.15. The van der Waals surface area contributed by atoms with Gasteiger partial charge in [-0.1, -0.05) is 11.6 Å². The van der Waals surface area contributed by atoms with E-state index >= 15 is 0 Å². The highest BCUT2D eigenvalue weighted by atomic mass is 35.5. The summed E-state index contributed by atoms with van der Waals surface area (Å²) in [5, 5.41) is 7.21. The van der Waals surface area contributed by atoms with Crippen molar-refractivity contribution in [3.05, 3.63) is 45.1 Å². The molecular weight excluding hydrogens is 358 g/mol. The summed E-state index contributed by atoms with van der Waals surface area (Å²) in [6.07, 6.45) is 2.56. The molecule has 0 aliphatic carbocycles. The van der Waals surface area contributed by atoms with E-state index in [4.69, 9.17) is 16.3 Å². The van der Waals surface area contributed by atoms with Crippen LogP contribution in [0.4, 0.5) is 8.78 Å². The van der Waals surface area contributed by atoms with Crippen LogP contribution in [0.25, 0.3) is 11.8 Å². The average molecular weight is 373 g/mol. The molecule has 25 heavy (non-hydrogen) atoms. The summed E-state index contributed by atoms with van der Waals surface area (Å²) in [6.45, 7) is 1.29. The molecule has 10 heteroatoms. The normalized spacial score (nSPS) is 11.2. The van der Waals surface area contributed by atoms with Gasteiger partial charge in [0.25, 0.3) is 0 Å². The number of alkyl halides is 1. The molecule has 2 rings (SSSR count). The smallest absolute Gasteiger partial charge is 0.368 e. The molecule has 0 saturated heterocycles. The number of aromatic nitrogens is 4. The van der Waals surface area contributed by atoms with Crippen molar-refractivity contribution >= 4 is 23.6 Å². The third-order valence-corrected chi connectivity index (χ3v) is 3.45. The summed E-state index contributed by atoms with van der Waals surface area (Å²) in [5.74, 6) is -1.38. The Morgan fingerprint density at radius 2 is 2.16 bits per heavy atom. The second kappa shape index (κ2) is 8.52. The molecule has 0 aliphatic rings. The summed E-state index contributed by atoms with van der Waals surface area (Å²) in [6, 6.07) is 2.25. The Kier molecular flexibility index (Phi) is 6.40. The quantitative estimate of drug-likeness (QED) is 0.549. The Balaban J connectivity index is 2.39. The van der Waals surface area contributed by atoms with Crippen molar-refractivity contribution in [2.45, 2.75) is 19.9 Å². The van der Waals surface area contributed by atoms with Crippen LogP contribution in [0.2, 0.25) is 5.02 Å². The van der Waals surface area contributed by atoms with E-state index in [-0.39, 0.29) is 35.8 Å². The number of ether oxygens (including phenoxy) is 1. The number of benzene rings is 1. The van der Waals surface area contributed by atoms with Crippen LogP contribution >= 0.6 is 11.6 Å². The minimum Gasteiger partial charge on any atom is -0.463 e. The van der Waals surface area contributed by atoms with Crippen molar-refractivity contribution in [3.8, 4) is 5.69 Å². The topological polar surface area (TPSA) is 79.0 Å². The molecule has 0 unspecified atom stereocenters. The molecule has 0 fully saturated rings. The van der Waals surface area contributed by atoms with E-state index in [1.165, 1.54) is 12.1 Å². The zero-order chi connectivity index (χ0) is 18.4. The zero-order valence-corrected chi connectivity index (χ0v) is 14.0. The molecule has 0 radical (unpaired) electrons. The van der Waals surface area contributed by atoms with Crippen molar-refractivity contribution < 1.29 is 18.3 Å². The van der Waals surface area contributed by atoms with Crippen LogP contribution in [0.15, 0.2) is 23.0 Å². The molecule has 1 aromatic heterocycles. The Labute approximate surface area is 146 Å². The summed E-state index contributed by atoms with van der Waals surface area (Å²) in [7, 11) is 0. The van der Waals surface area contributed by atoms with Crippen LogP contribution in [0.5, 0.6) is 0 Å². The number of aryl methyl sites for hydroxylation is 1. The van der Waals surface area contributed by atoms with E-state index in [9.17, 15) is 18.4 Å². The fourth-order valence-corrected chi connectivity index (χ4v) is 2.18. The summed E-state index contributed by atoms with van der Waals surface area (Å²) in [5.41, 5.74) is -0.615. The predicted molar refractivity (Wildman–Crippen MR) is 86.8 cm³/mol. The van der Waals surface area contributed by atoms with Crippen molar-refractivity contribution in [1.29, 1.82) is 0 Å². The molecule has 134 valence electrons. The van der Waals surface area contributed by atoms with Crippen LogP contribution in [0, 0.1) is 5.82 Å². The fourth-order valence-electron chi connectivity index (χ4n) is 1.97. The molecule has 0 spiro atoms. The van der Waals surface area contributed by atoms with Gasteiger partial charge < -0.3 is 4.74 Å². The van der Waals surface area contributed by atoms with Crippen molar-refractivity contribution in [2.24, 2.45) is 0 Å². The molecule has 0 N–H and O–H groups in total. The number of halogens is 3. The highest BCUT2D eigenvalue weighted by Crippen LogP contribution is 2.23. The lowest BCUT2D eigenvalue weighted by molar-refractivity contribution is -0.137. The third-order valence-electron chi connectivity index (χ3n) is 3.12. The fraction of sp³-hybridized carbons (Fsp3) is 0.333. The SMILES string of the molecule is CCOC(=O)/C=C/c1cc(-n2nnn(CCCF)c2=O)c(F)cc1Cl. The van der Waals surface area contributed by atoms with E-state index in [0.717, 1.165) is 21.5 Å². The molecule has 0 aliphatic heterocycles. The third kappa shape index (κ3) is 4.50. The largest absolute Gasteiger partial charge is 0.463 e. The molecule has 1 heterocycles. The average Bonchev–Trinajstić information content (AvgIpc) is 2.93. The van der Waals surface area contributed by atoms with E-state index in [0.29, 0.717) is 0 Å². The molecule has 0 saturated carbocycles. The first-order valence-corrected chi connectivity index (χ1v) is 7.78. The van der Waals surface area contributed by atoms with Crippen molar-refractivity contribution in [1.82, 2.24) is 19.8 Å². The Morgan fingerprint density at radius 1 is 1.40 bits per heavy atom. The molecule has 2 aromatic rings. The van der Waals surface area contributed by atoms with Crippen LogP contribution < -0.4 is 5.69 Å². The molecule has 0 atom stereocenters. The molecular formula is C15H15ClF2N4O3. The summed E-state index contributed by atoms with van der Waals surface area (Å²) >= 11 is 5.95. The van der Waals surface area contributed by atoms with Crippen molar-refractivity contribution in [2.75, 3.05) is 13.3 Å². The number of hydrogen-bond acceptors (Lipinski definition) is 5. The Bertz CT molecular complexity index is 848. The number of nitrogens with zero attached hydrogens (tertiary/aromatic N) is 4. The van der Waals surface area contributed by atoms with Crippen LogP contribution in [0.1, 0.15) is 18.9 Å². The van der Waals surface area contributed by atoms with Crippen LogP contribution in [-0.2, 0) is 16.1 Å². The number of hydrogen-bond donors (Lipinski definition) is 0. The lowest BCUT2D eigenvalue weighted by Crippen LogP contribution is -2.25. The van der Waals surface area contributed by atoms with E-state index in [2.05, 4.69) is 10.4 Å². The summed E-state index contributed by atoms with van der Waals surface area (Å²) < 4.78 is 32.8. The molecule has 7 nitrogen and oxygen atoms in total. The monoisotopic (exact) mass is 372 g/mol. The second-order valence-corrected chi connectivity index (χ2v) is 5.26. The van der Waals surface area contributed by atoms with E-state index in [1.54, 1.807) is 6.92 Å². The lowest BCUT2D eigenvalue weighted by atomic mass is 10.1. The maximum atomic E-state index is 14.2. The number of carbonyl (C=O) groups is 1. The first-order valence-electron chi connectivity index (χ1n) is 7.41. The first kappa shape index (κ1) is 18.8. The zero-order valence-electron chi connectivity index (χ0n) is 13.3. The summed E-state index contributed by atoms with van der Waals surface area (Å²) in [4.78, 5) is 23.5. The van der Waals surface area contributed by atoms with Gasteiger partial charge in [0, 0.05) is 6.08 Å². The predicted octanol–water partition coefficient (Wildman–Crippen LogP) is 2.16. The van der Waals surface area contributed by atoms with Gasteiger partial charge in [0.1, 0.15) is 5.69 Å². The van der Waals surface area contributed by atoms with Gasteiger partial charge in [-0.3, -0.25) is 4.39 Å².